The second kappa shape index (κ2) is 10.1. The molecule has 2 N–H and O–H groups in total. The lowest BCUT2D eigenvalue weighted by molar-refractivity contribution is 0.368. The molecule has 4 unspecified atom stereocenters. The molecule has 0 aromatic heterocycles. The summed E-state index contributed by atoms with van der Waals surface area (Å²) in [6.45, 7) is 1.70. The average molecular weight is 445 g/mol. The van der Waals surface area contributed by atoms with Crippen LogP contribution in [0.25, 0.3) is 0 Å². The van der Waals surface area contributed by atoms with Crippen molar-refractivity contribution in [2.75, 3.05) is 13.1 Å². The van der Waals surface area contributed by atoms with Gasteiger partial charge in [-0.1, -0.05) is 0 Å². The lowest BCUT2D eigenvalue weighted by Crippen LogP contribution is -2.51. The van der Waals surface area contributed by atoms with Crippen molar-refractivity contribution in [1.82, 2.24) is 10.6 Å². The third-order valence-electron chi connectivity index (χ3n) is 4.60. The molecule has 0 aromatic rings. The molecule has 2 aliphatic carbocycles. The molecule has 2 aliphatic rings. The molecule has 0 radical (unpaired) electrons. The fourth-order valence-electron chi connectivity index (χ4n) is 3.35. The Labute approximate surface area is 169 Å². The number of alkyl halides is 6. The molecule has 4 atom stereocenters. The van der Waals surface area contributed by atoms with Gasteiger partial charge < -0.3 is 10.6 Å². The van der Waals surface area contributed by atoms with E-state index >= 15 is 0 Å². The average Bonchev–Trinajstić information content (AvgIpc) is 2.42. The predicted octanol–water partition coefficient (Wildman–Crippen LogP) is 4.52. The summed E-state index contributed by atoms with van der Waals surface area (Å²) in [5.41, 5.74) is 0. The lowest BCUT2D eigenvalue weighted by Gasteiger charge is -2.36. The van der Waals surface area contributed by atoms with E-state index in [0.29, 0.717) is 0 Å². The molecule has 136 valence electrons. The molecule has 0 saturated heterocycles. The zero-order valence-electron chi connectivity index (χ0n) is 12.8. The van der Waals surface area contributed by atoms with Gasteiger partial charge in [-0.2, -0.15) is 0 Å². The van der Waals surface area contributed by atoms with E-state index < -0.39 is 0 Å². The van der Waals surface area contributed by atoms with Crippen LogP contribution in [-0.4, -0.2) is 57.4 Å². The Morgan fingerprint density at radius 3 is 1.17 bits per heavy atom. The minimum absolute atomic E-state index is 0.0137. The molecule has 2 nitrogen and oxygen atoms in total. The molecule has 0 aromatic carbocycles. The van der Waals surface area contributed by atoms with Gasteiger partial charge in [-0.3, -0.25) is 0 Å². The first-order chi connectivity index (χ1) is 10.9. The molecule has 0 bridgehead atoms. The zero-order valence-corrected chi connectivity index (χ0v) is 17.4. The molecule has 2 rings (SSSR count). The Morgan fingerprint density at radius 2 is 0.870 bits per heavy atom. The molecule has 0 spiro atoms. The number of hydrogen-bond donors (Lipinski definition) is 2. The maximum Gasteiger partial charge on any atom is 0.0517 e. The topological polar surface area (TPSA) is 24.1 Å². The zero-order chi connectivity index (χ0) is 17.0. The molecule has 23 heavy (non-hydrogen) atoms. The summed E-state index contributed by atoms with van der Waals surface area (Å²) < 4.78 is 0. The molecule has 2 saturated carbocycles. The fraction of sp³-hybridized carbons (Fsp3) is 1.00. The van der Waals surface area contributed by atoms with Crippen molar-refractivity contribution in [2.45, 2.75) is 76.5 Å². The van der Waals surface area contributed by atoms with Crippen LogP contribution in [0.2, 0.25) is 0 Å². The molecule has 0 heterocycles. The summed E-state index contributed by atoms with van der Waals surface area (Å²) in [7, 11) is 0. The molecule has 0 aliphatic heterocycles. The van der Waals surface area contributed by atoms with Crippen LogP contribution >= 0.6 is 69.6 Å². The van der Waals surface area contributed by atoms with Crippen LogP contribution in [0.5, 0.6) is 0 Å². The van der Waals surface area contributed by atoms with Gasteiger partial charge in [0, 0.05) is 22.8 Å². The van der Waals surface area contributed by atoms with Gasteiger partial charge in [0.15, 0.2) is 0 Å². The first-order valence-corrected chi connectivity index (χ1v) is 10.8. The van der Waals surface area contributed by atoms with Gasteiger partial charge in [0.2, 0.25) is 0 Å². The van der Waals surface area contributed by atoms with Gasteiger partial charge in [-0.05, 0) is 45.2 Å². The Kier molecular flexibility index (Phi) is 9.22. The van der Waals surface area contributed by atoms with Gasteiger partial charge in [-0.15, -0.1) is 69.6 Å². The van der Waals surface area contributed by atoms with Crippen molar-refractivity contribution in [2.24, 2.45) is 0 Å². The molecular weight excluding hydrogens is 421 g/mol. The van der Waals surface area contributed by atoms with Crippen molar-refractivity contribution in [1.29, 1.82) is 0 Å². The van der Waals surface area contributed by atoms with Crippen LogP contribution in [-0.2, 0) is 0 Å². The maximum atomic E-state index is 6.36. The molecule has 0 amide bonds. The summed E-state index contributed by atoms with van der Waals surface area (Å²) in [6, 6.07) is 0.225. The smallest absolute Gasteiger partial charge is 0.0517 e. The van der Waals surface area contributed by atoms with E-state index in [4.69, 9.17) is 69.6 Å². The fourth-order valence-corrected chi connectivity index (χ4v) is 6.55. The molecule has 2 fully saturated rings. The highest BCUT2D eigenvalue weighted by molar-refractivity contribution is 6.28. The van der Waals surface area contributed by atoms with E-state index in [-0.39, 0.29) is 44.3 Å². The van der Waals surface area contributed by atoms with Gasteiger partial charge in [-0.25, -0.2) is 0 Å². The molecule has 8 heteroatoms. The predicted molar refractivity (Wildman–Crippen MR) is 105 cm³/mol. The Bertz CT molecular complexity index is 305. The van der Waals surface area contributed by atoms with Crippen LogP contribution < -0.4 is 10.6 Å². The maximum absolute atomic E-state index is 6.36. The highest BCUT2D eigenvalue weighted by Crippen LogP contribution is 2.31. The van der Waals surface area contributed by atoms with E-state index in [1.807, 2.05) is 0 Å². The highest BCUT2D eigenvalue weighted by Gasteiger charge is 2.36. The highest BCUT2D eigenvalue weighted by atomic mass is 35.5. The van der Waals surface area contributed by atoms with Crippen molar-refractivity contribution in [3.05, 3.63) is 0 Å². The Balaban J connectivity index is 1.64. The van der Waals surface area contributed by atoms with Gasteiger partial charge >= 0.3 is 0 Å². The van der Waals surface area contributed by atoms with E-state index in [2.05, 4.69) is 10.6 Å². The first-order valence-electron chi connectivity index (χ1n) is 8.19. The monoisotopic (exact) mass is 442 g/mol. The van der Waals surface area contributed by atoms with E-state index in [1.165, 1.54) is 0 Å². The number of nitrogens with one attached hydrogen (secondary N) is 2. The SMILES string of the molecule is ClC1CC(Cl)C(NCCCNC2C(Cl)CC(Cl)CC2Cl)C(Cl)C1. The number of hydrogen-bond acceptors (Lipinski definition) is 2. The van der Waals surface area contributed by atoms with Crippen molar-refractivity contribution < 1.29 is 0 Å². The minimum Gasteiger partial charge on any atom is -0.311 e. The van der Waals surface area contributed by atoms with Gasteiger partial charge in [0.1, 0.15) is 0 Å². The summed E-state index contributed by atoms with van der Waals surface area (Å²) in [4.78, 5) is 0. The Hall–Kier alpha value is 1.66. The van der Waals surface area contributed by atoms with Crippen molar-refractivity contribution >= 4 is 69.6 Å². The van der Waals surface area contributed by atoms with Crippen LogP contribution in [0.4, 0.5) is 0 Å². The lowest BCUT2D eigenvalue weighted by atomic mass is 9.93. The summed E-state index contributed by atoms with van der Waals surface area (Å²) in [6.07, 6.45) is 4.15. The minimum atomic E-state index is -0.0137. The second-order valence-corrected chi connectivity index (χ2v) is 9.99. The third-order valence-corrected chi connectivity index (χ3v) is 7.11. The van der Waals surface area contributed by atoms with Crippen molar-refractivity contribution in [3.8, 4) is 0 Å². The number of rotatable bonds is 6. The van der Waals surface area contributed by atoms with Crippen LogP contribution in [0.1, 0.15) is 32.1 Å². The first kappa shape index (κ1) is 21.0. The Morgan fingerprint density at radius 1 is 0.565 bits per heavy atom. The van der Waals surface area contributed by atoms with E-state index in [9.17, 15) is 0 Å². The van der Waals surface area contributed by atoms with Crippen LogP contribution in [0.3, 0.4) is 0 Å². The second-order valence-electron chi connectivity index (χ2n) is 6.51. The standard InChI is InChI=1S/C15H24Cl6N2/c16-8-4-10(18)14(11(19)5-8)22-2-1-3-23-15-12(20)6-9(17)7-13(15)21/h8-15,22-23H,1-7H2. The van der Waals surface area contributed by atoms with E-state index in [1.54, 1.807) is 0 Å². The number of halogens is 6. The van der Waals surface area contributed by atoms with Crippen LogP contribution in [0, 0.1) is 0 Å². The molecular formula is C15H24Cl6N2. The third kappa shape index (κ3) is 6.40. The van der Waals surface area contributed by atoms with Gasteiger partial charge in [0.05, 0.1) is 21.5 Å². The van der Waals surface area contributed by atoms with Gasteiger partial charge in [0.25, 0.3) is 0 Å². The van der Waals surface area contributed by atoms with E-state index in [0.717, 1.165) is 45.2 Å². The summed E-state index contributed by atoms with van der Waals surface area (Å²) in [5, 5.41) is 7.03. The quantitative estimate of drug-likeness (QED) is 0.464. The normalized spacial score (nSPS) is 45.1. The summed E-state index contributed by atoms with van der Waals surface area (Å²) >= 11 is 37.7. The summed E-state index contributed by atoms with van der Waals surface area (Å²) in [5.74, 6) is 0. The van der Waals surface area contributed by atoms with Crippen molar-refractivity contribution in [3.63, 3.8) is 0 Å². The largest absolute Gasteiger partial charge is 0.311 e. The van der Waals surface area contributed by atoms with Crippen LogP contribution in [0.15, 0.2) is 0 Å².